The van der Waals surface area contributed by atoms with Crippen LogP contribution in [0.4, 0.5) is 0 Å². The smallest absolute Gasteiger partial charge is 0.0933 e. The average Bonchev–Trinajstić information content (AvgIpc) is 2.40. The van der Waals surface area contributed by atoms with Crippen molar-refractivity contribution >= 4 is 0 Å². The van der Waals surface area contributed by atoms with Gasteiger partial charge >= 0.3 is 0 Å². The van der Waals surface area contributed by atoms with Gasteiger partial charge in [-0.15, -0.1) is 0 Å². The third-order valence-corrected chi connectivity index (χ3v) is 3.82. The van der Waals surface area contributed by atoms with Gasteiger partial charge in [0.2, 0.25) is 0 Å². The molecule has 0 aromatic heterocycles. The predicted molar refractivity (Wildman–Crippen MR) is 74.0 cm³/mol. The Labute approximate surface area is 110 Å². The van der Waals surface area contributed by atoms with Gasteiger partial charge in [0.25, 0.3) is 0 Å². The molecule has 1 unspecified atom stereocenters. The predicted octanol–water partition coefficient (Wildman–Crippen LogP) is 2.44. The van der Waals surface area contributed by atoms with Gasteiger partial charge in [0.1, 0.15) is 0 Å². The minimum atomic E-state index is 0.433. The Bertz CT molecular complexity index is 334. The molecule has 0 aliphatic carbocycles. The van der Waals surface area contributed by atoms with E-state index in [0.717, 1.165) is 5.92 Å². The van der Waals surface area contributed by atoms with Gasteiger partial charge in [-0.2, -0.15) is 5.48 Å². The first-order chi connectivity index (χ1) is 8.75. The normalized spacial score (nSPS) is 19.9. The maximum Gasteiger partial charge on any atom is 0.0933 e. The number of piperidine rings is 1. The second-order valence-electron chi connectivity index (χ2n) is 5.32. The molecule has 0 amide bonds. The highest BCUT2D eigenvalue weighted by Crippen LogP contribution is 2.19. The molecule has 1 heterocycles. The van der Waals surface area contributed by atoms with Crippen LogP contribution in [0.25, 0.3) is 0 Å². The number of nitrogens with one attached hydrogen (secondary N) is 1. The van der Waals surface area contributed by atoms with Crippen molar-refractivity contribution in [2.45, 2.75) is 32.4 Å². The number of hydrogen-bond acceptors (Lipinski definition) is 3. The molecule has 0 bridgehead atoms. The third-order valence-electron chi connectivity index (χ3n) is 3.82. The van der Waals surface area contributed by atoms with E-state index < -0.39 is 0 Å². The van der Waals surface area contributed by atoms with Crippen LogP contribution >= 0.6 is 0 Å². The van der Waals surface area contributed by atoms with E-state index in [9.17, 15) is 0 Å². The van der Waals surface area contributed by atoms with E-state index in [0.29, 0.717) is 12.6 Å². The summed E-state index contributed by atoms with van der Waals surface area (Å²) in [6.45, 7) is 5.27. The highest BCUT2D eigenvalue weighted by Gasteiger charge is 2.22. The fourth-order valence-electron chi connectivity index (χ4n) is 2.46. The summed E-state index contributed by atoms with van der Waals surface area (Å²) in [6, 6.07) is 10.7. The van der Waals surface area contributed by atoms with Gasteiger partial charge in [0, 0.05) is 6.04 Å². The van der Waals surface area contributed by atoms with Gasteiger partial charge in [-0.05, 0) is 51.4 Å². The Morgan fingerprint density at radius 3 is 2.61 bits per heavy atom. The molecule has 1 saturated heterocycles. The van der Waals surface area contributed by atoms with Crippen LogP contribution in [0.5, 0.6) is 0 Å². The van der Waals surface area contributed by atoms with Crippen LogP contribution in [0, 0.1) is 5.92 Å². The Balaban J connectivity index is 1.67. The molecule has 1 N–H and O–H groups in total. The van der Waals surface area contributed by atoms with Crippen LogP contribution in [0.3, 0.4) is 0 Å². The molecular weight excluding hydrogens is 224 g/mol. The molecule has 1 aliphatic heterocycles. The van der Waals surface area contributed by atoms with E-state index in [1.54, 1.807) is 0 Å². The minimum Gasteiger partial charge on any atom is -0.306 e. The van der Waals surface area contributed by atoms with Gasteiger partial charge in [0.05, 0.1) is 6.61 Å². The lowest BCUT2D eigenvalue weighted by Gasteiger charge is -2.32. The van der Waals surface area contributed by atoms with Gasteiger partial charge in [0.15, 0.2) is 0 Å². The summed E-state index contributed by atoms with van der Waals surface area (Å²) in [5, 5.41) is 0. The van der Waals surface area contributed by atoms with Crippen molar-refractivity contribution in [2.75, 3.05) is 20.1 Å². The van der Waals surface area contributed by atoms with Gasteiger partial charge < -0.3 is 4.90 Å². The van der Waals surface area contributed by atoms with Crippen LogP contribution < -0.4 is 5.48 Å². The van der Waals surface area contributed by atoms with Crippen LogP contribution in [0.2, 0.25) is 0 Å². The number of hydroxylamine groups is 1. The van der Waals surface area contributed by atoms with Gasteiger partial charge in [-0.25, -0.2) is 0 Å². The molecule has 2 rings (SSSR count). The zero-order chi connectivity index (χ0) is 12.8. The SMILES string of the molecule is CC(NOCc1ccccc1)C1CCN(C)CC1. The third kappa shape index (κ3) is 4.09. The highest BCUT2D eigenvalue weighted by atomic mass is 16.6. The van der Waals surface area contributed by atoms with Crippen LogP contribution in [0.1, 0.15) is 25.3 Å². The average molecular weight is 248 g/mol. The number of hydrogen-bond donors (Lipinski definition) is 1. The van der Waals surface area contributed by atoms with E-state index in [-0.39, 0.29) is 0 Å². The summed E-state index contributed by atoms with van der Waals surface area (Å²) in [4.78, 5) is 7.99. The molecule has 3 heteroatoms. The van der Waals surface area contributed by atoms with Crippen LogP contribution in [-0.2, 0) is 11.4 Å². The zero-order valence-electron chi connectivity index (χ0n) is 11.4. The van der Waals surface area contributed by atoms with Crippen molar-refractivity contribution in [3.63, 3.8) is 0 Å². The monoisotopic (exact) mass is 248 g/mol. The van der Waals surface area contributed by atoms with Crippen molar-refractivity contribution < 1.29 is 4.84 Å². The molecule has 0 radical (unpaired) electrons. The number of nitrogens with zero attached hydrogens (tertiary/aromatic N) is 1. The number of benzene rings is 1. The summed E-state index contributed by atoms with van der Waals surface area (Å²) >= 11 is 0. The van der Waals surface area contributed by atoms with Crippen molar-refractivity contribution in [2.24, 2.45) is 5.92 Å². The number of rotatable bonds is 5. The Morgan fingerprint density at radius 1 is 1.28 bits per heavy atom. The summed E-state index contributed by atoms with van der Waals surface area (Å²) in [5.41, 5.74) is 4.41. The maximum atomic E-state index is 5.60. The molecule has 100 valence electrons. The first kappa shape index (κ1) is 13.5. The van der Waals surface area contributed by atoms with E-state index in [1.165, 1.54) is 31.5 Å². The van der Waals surface area contributed by atoms with E-state index >= 15 is 0 Å². The molecule has 18 heavy (non-hydrogen) atoms. The topological polar surface area (TPSA) is 24.5 Å². The summed E-state index contributed by atoms with van der Waals surface area (Å²) in [5.74, 6) is 0.733. The molecule has 1 fully saturated rings. The maximum absolute atomic E-state index is 5.60. The minimum absolute atomic E-state index is 0.433. The molecule has 0 spiro atoms. The van der Waals surface area contributed by atoms with Crippen molar-refractivity contribution in [3.8, 4) is 0 Å². The lowest BCUT2D eigenvalue weighted by molar-refractivity contribution is -0.0129. The van der Waals surface area contributed by atoms with E-state index in [4.69, 9.17) is 4.84 Å². The first-order valence-electron chi connectivity index (χ1n) is 6.85. The highest BCUT2D eigenvalue weighted by molar-refractivity contribution is 5.13. The number of likely N-dealkylation sites (tertiary alicyclic amines) is 1. The molecule has 3 nitrogen and oxygen atoms in total. The largest absolute Gasteiger partial charge is 0.306 e. The molecular formula is C15H24N2O. The second-order valence-corrected chi connectivity index (χ2v) is 5.32. The summed E-state index contributed by atoms with van der Waals surface area (Å²) in [6.07, 6.45) is 2.53. The molecule has 1 aromatic rings. The molecule has 0 saturated carbocycles. The van der Waals surface area contributed by atoms with E-state index in [1.807, 2.05) is 18.2 Å². The van der Waals surface area contributed by atoms with Crippen LogP contribution in [0.15, 0.2) is 30.3 Å². The fourth-order valence-corrected chi connectivity index (χ4v) is 2.46. The fraction of sp³-hybridized carbons (Fsp3) is 0.600. The Kier molecular flexibility index (Phi) is 5.17. The zero-order valence-corrected chi connectivity index (χ0v) is 11.4. The lowest BCUT2D eigenvalue weighted by atomic mass is 9.91. The molecule has 1 atom stereocenters. The first-order valence-corrected chi connectivity index (χ1v) is 6.85. The van der Waals surface area contributed by atoms with Gasteiger partial charge in [-0.1, -0.05) is 30.3 Å². The van der Waals surface area contributed by atoms with Crippen molar-refractivity contribution in [1.82, 2.24) is 10.4 Å². The Hall–Kier alpha value is -0.900. The van der Waals surface area contributed by atoms with Crippen LogP contribution in [-0.4, -0.2) is 31.1 Å². The van der Waals surface area contributed by atoms with Crippen molar-refractivity contribution in [1.29, 1.82) is 0 Å². The molecule has 1 aromatic carbocycles. The quantitative estimate of drug-likeness (QED) is 0.810. The van der Waals surface area contributed by atoms with Gasteiger partial charge in [-0.3, -0.25) is 4.84 Å². The Morgan fingerprint density at radius 2 is 1.94 bits per heavy atom. The molecule has 1 aliphatic rings. The standard InChI is InChI=1S/C15H24N2O/c1-13(15-8-10-17(2)11-9-15)16-18-12-14-6-4-3-5-7-14/h3-7,13,15-16H,8-12H2,1-2H3. The lowest BCUT2D eigenvalue weighted by Crippen LogP contribution is -2.40. The second kappa shape index (κ2) is 6.88. The van der Waals surface area contributed by atoms with E-state index in [2.05, 4.69) is 36.5 Å². The summed E-state index contributed by atoms with van der Waals surface area (Å²) < 4.78 is 0. The van der Waals surface area contributed by atoms with Crippen molar-refractivity contribution in [3.05, 3.63) is 35.9 Å². The summed E-state index contributed by atoms with van der Waals surface area (Å²) in [7, 11) is 2.19.